The number of piperidine rings is 1. The molecule has 132 valence electrons. The molecule has 0 saturated carbocycles. The number of nitro benzene ring substituents is 1. The van der Waals surface area contributed by atoms with Crippen molar-refractivity contribution in [2.45, 2.75) is 25.9 Å². The first kappa shape index (κ1) is 18.0. The number of hydrogen-bond acceptors (Lipinski definition) is 4. The zero-order valence-electron chi connectivity index (χ0n) is 13.1. The number of rotatable bonds is 4. The highest BCUT2D eigenvalue weighted by molar-refractivity contribution is 5.80. The van der Waals surface area contributed by atoms with Crippen LogP contribution in [0.25, 0.3) is 0 Å². The number of anilines is 1. The van der Waals surface area contributed by atoms with E-state index in [1.165, 1.54) is 6.07 Å². The first-order chi connectivity index (χ1) is 11.2. The maximum Gasteiger partial charge on any atom is 0.405 e. The molecular weight excluding hydrogens is 327 g/mol. The Bertz CT molecular complexity index is 634. The van der Waals surface area contributed by atoms with Crippen LogP contribution in [0.15, 0.2) is 18.2 Å². The van der Waals surface area contributed by atoms with Gasteiger partial charge in [-0.3, -0.25) is 14.9 Å². The Morgan fingerprint density at radius 1 is 1.46 bits per heavy atom. The van der Waals surface area contributed by atoms with Crippen LogP contribution in [0.2, 0.25) is 0 Å². The first-order valence-corrected chi connectivity index (χ1v) is 7.52. The second kappa shape index (κ2) is 7.06. The van der Waals surface area contributed by atoms with E-state index < -0.39 is 29.5 Å². The van der Waals surface area contributed by atoms with E-state index in [1.807, 2.05) is 5.32 Å². The Morgan fingerprint density at radius 3 is 2.79 bits per heavy atom. The summed E-state index contributed by atoms with van der Waals surface area (Å²) in [4.78, 5) is 24.3. The van der Waals surface area contributed by atoms with Crippen LogP contribution in [0.3, 0.4) is 0 Å². The van der Waals surface area contributed by atoms with Crippen molar-refractivity contribution in [1.29, 1.82) is 0 Å². The lowest BCUT2D eigenvalue weighted by Gasteiger charge is -2.33. The van der Waals surface area contributed by atoms with Gasteiger partial charge in [-0.2, -0.15) is 13.2 Å². The summed E-state index contributed by atoms with van der Waals surface area (Å²) in [7, 11) is 0. The number of carbonyl (C=O) groups is 1. The fourth-order valence-corrected chi connectivity index (χ4v) is 2.79. The zero-order valence-corrected chi connectivity index (χ0v) is 13.1. The van der Waals surface area contributed by atoms with Crippen molar-refractivity contribution in [1.82, 2.24) is 5.32 Å². The van der Waals surface area contributed by atoms with Crippen LogP contribution < -0.4 is 10.2 Å². The van der Waals surface area contributed by atoms with Gasteiger partial charge >= 0.3 is 6.18 Å². The molecular formula is C15H18F3N3O3. The van der Waals surface area contributed by atoms with Crippen LogP contribution in [-0.2, 0) is 4.79 Å². The van der Waals surface area contributed by atoms with Crippen molar-refractivity contribution in [3.05, 3.63) is 33.9 Å². The minimum absolute atomic E-state index is 0.0636. The SMILES string of the molecule is Cc1ccc(N2CCCC(C(=O)NCC(F)(F)F)C2)c([N+](=O)[O-])c1. The summed E-state index contributed by atoms with van der Waals surface area (Å²) in [6.07, 6.45) is -3.42. The van der Waals surface area contributed by atoms with Crippen molar-refractivity contribution < 1.29 is 22.9 Å². The van der Waals surface area contributed by atoms with E-state index in [0.717, 1.165) is 5.56 Å². The number of benzene rings is 1. The molecule has 1 aromatic carbocycles. The Hall–Kier alpha value is -2.32. The minimum atomic E-state index is -4.46. The molecule has 1 unspecified atom stereocenters. The number of carbonyl (C=O) groups excluding carboxylic acids is 1. The molecule has 1 amide bonds. The van der Waals surface area contributed by atoms with Gasteiger partial charge in [-0.1, -0.05) is 6.07 Å². The number of halogens is 3. The van der Waals surface area contributed by atoms with Crippen LogP contribution in [0.4, 0.5) is 24.5 Å². The maximum absolute atomic E-state index is 12.2. The van der Waals surface area contributed by atoms with Crippen molar-refractivity contribution in [2.24, 2.45) is 5.92 Å². The van der Waals surface area contributed by atoms with Gasteiger partial charge in [0.25, 0.3) is 5.69 Å². The summed E-state index contributed by atoms with van der Waals surface area (Å²) in [6, 6.07) is 4.79. The van der Waals surface area contributed by atoms with Crippen LogP contribution in [-0.4, -0.2) is 36.6 Å². The fraction of sp³-hybridized carbons (Fsp3) is 0.533. The van der Waals surface area contributed by atoms with E-state index in [2.05, 4.69) is 0 Å². The lowest BCUT2D eigenvalue weighted by Crippen LogP contribution is -2.45. The van der Waals surface area contributed by atoms with E-state index in [0.29, 0.717) is 25.1 Å². The van der Waals surface area contributed by atoms with Crippen LogP contribution in [0, 0.1) is 23.0 Å². The molecule has 0 bridgehead atoms. The Morgan fingerprint density at radius 2 is 2.17 bits per heavy atom. The summed E-state index contributed by atoms with van der Waals surface area (Å²) >= 11 is 0. The quantitative estimate of drug-likeness (QED) is 0.673. The molecule has 2 rings (SSSR count). The third kappa shape index (κ3) is 4.59. The van der Waals surface area contributed by atoms with E-state index >= 15 is 0 Å². The molecule has 24 heavy (non-hydrogen) atoms. The molecule has 1 atom stereocenters. The lowest BCUT2D eigenvalue weighted by atomic mass is 9.96. The van der Waals surface area contributed by atoms with Crippen molar-refractivity contribution in [3.8, 4) is 0 Å². The van der Waals surface area contributed by atoms with Gasteiger partial charge in [0.1, 0.15) is 12.2 Å². The molecule has 6 nitrogen and oxygen atoms in total. The highest BCUT2D eigenvalue weighted by Crippen LogP contribution is 2.32. The summed E-state index contributed by atoms with van der Waals surface area (Å²) in [5, 5.41) is 13.1. The normalized spacial score (nSPS) is 18.3. The predicted molar refractivity (Wildman–Crippen MR) is 81.8 cm³/mol. The van der Waals surface area contributed by atoms with Crippen LogP contribution in [0.1, 0.15) is 18.4 Å². The van der Waals surface area contributed by atoms with Gasteiger partial charge in [0.05, 0.1) is 10.8 Å². The average Bonchev–Trinajstić information content (AvgIpc) is 2.52. The topological polar surface area (TPSA) is 75.5 Å². The third-order valence-electron chi connectivity index (χ3n) is 3.92. The van der Waals surface area contributed by atoms with Gasteiger partial charge in [-0.15, -0.1) is 0 Å². The number of hydrogen-bond donors (Lipinski definition) is 1. The van der Waals surface area contributed by atoms with Crippen LogP contribution >= 0.6 is 0 Å². The number of nitrogens with zero attached hydrogens (tertiary/aromatic N) is 2. The van der Waals surface area contributed by atoms with Gasteiger partial charge in [0, 0.05) is 19.2 Å². The highest BCUT2D eigenvalue weighted by atomic mass is 19.4. The Kier molecular flexibility index (Phi) is 5.30. The van der Waals surface area contributed by atoms with Gasteiger partial charge in [-0.05, 0) is 31.4 Å². The Balaban J connectivity index is 2.11. The van der Waals surface area contributed by atoms with E-state index in [-0.39, 0.29) is 12.2 Å². The van der Waals surface area contributed by atoms with Crippen molar-refractivity contribution in [2.75, 3.05) is 24.5 Å². The first-order valence-electron chi connectivity index (χ1n) is 7.52. The van der Waals surface area contributed by atoms with Crippen molar-refractivity contribution in [3.63, 3.8) is 0 Å². The summed E-state index contributed by atoms with van der Waals surface area (Å²) in [5.74, 6) is -1.30. The molecule has 1 heterocycles. The second-order valence-corrected chi connectivity index (χ2v) is 5.87. The fourth-order valence-electron chi connectivity index (χ4n) is 2.79. The second-order valence-electron chi connectivity index (χ2n) is 5.87. The summed E-state index contributed by atoms with van der Waals surface area (Å²) in [5.41, 5.74) is 1.06. The monoisotopic (exact) mass is 345 g/mol. The largest absolute Gasteiger partial charge is 0.405 e. The van der Waals surface area contributed by atoms with Crippen LogP contribution in [0.5, 0.6) is 0 Å². The van der Waals surface area contributed by atoms with Gasteiger partial charge in [0.15, 0.2) is 0 Å². The molecule has 0 spiro atoms. The summed E-state index contributed by atoms with van der Waals surface area (Å²) < 4.78 is 36.6. The van der Waals surface area contributed by atoms with Gasteiger partial charge in [-0.25, -0.2) is 0 Å². The molecule has 0 aliphatic carbocycles. The molecule has 0 aromatic heterocycles. The highest BCUT2D eigenvalue weighted by Gasteiger charge is 2.32. The number of nitrogens with one attached hydrogen (secondary N) is 1. The predicted octanol–water partition coefficient (Wildman–Crippen LogP) is 2.80. The molecule has 1 aromatic rings. The molecule has 0 radical (unpaired) electrons. The number of nitro groups is 1. The number of aryl methyl sites for hydroxylation is 1. The average molecular weight is 345 g/mol. The molecule has 1 aliphatic rings. The zero-order chi connectivity index (χ0) is 17.9. The number of alkyl halides is 3. The van der Waals surface area contributed by atoms with Gasteiger partial charge in [0.2, 0.25) is 5.91 Å². The van der Waals surface area contributed by atoms with E-state index in [1.54, 1.807) is 24.0 Å². The van der Waals surface area contributed by atoms with E-state index in [4.69, 9.17) is 0 Å². The molecule has 9 heteroatoms. The molecule has 1 aliphatic heterocycles. The lowest BCUT2D eigenvalue weighted by molar-refractivity contribution is -0.384. The summed E-state index contributed by atoms with van der Waals surface area (Å²) in [6.45, 7) is 1.05. The maximum atomic E-state index is 12.2. The molecule has 1 fully saturated rings. The van der Waals surface area contributed by atoms with E-state index in [9.17, 15) is 28.1 Å². The molecule has 1 saturated heterocycles. The third-order valence-corrected chi connectivity index (χ3v) is 3.92. The Labute approximate surface area is 136 Å². The van der Waals surface area contributed by atoms with Gasteiger partial charge < -0.3 is 10.2 Å². The number of amides is 1. The molecule has 1 N–H and O–H groups in total. The minimum Gasteiger partial charge on any atom is -0.365 e. The smallest absolute Gasteiger partial charge is 0.365 e. The van der Waals surface area contributed by atoms with Crippen molar-refractivity contribution >= 4 is 17.3 Å². The standard InChI is InChI=1S/C15H18F3N3O3/c1-10-4-5-12(13(7-10)21(23)24)20-6-2-3-11(8-20)14(22)19-9-15(16,17)18/h4-5,7,11H,2-3,6,8-9H2,1H3,(H,19,22).